The topological polar surface area (TPSA) is 60.9 Å². The van der Waals surface area contributed by atoms with Crippen LogP contribution in [0.25, 0.3) is 0 Å². The van der Waals surface area contributed by atoms with Gasteiger partial charge in [-0.15, -0.1) is 0 Å². The molecule has 0 radical (unpaired) electrons. The fourth-order valence-corrected chi connectivity index (χ4v) is 3.10. The Hall–Kier alpha value is -1.75. The van der Waals surface area contributed by atoms with Crippen LogP contribution in [-0.2, 0) is 4.79 Å². The van der Waals surface area contributed by atoms with E-state index in [1.54, 1.807) is 23.1 Å². The van der Waals surface area contributed by atoms with E-state index in [-0.39, 0.29) is 18.5 Å². The first-order valence-electron chi connectivity index (χ1n) is 7.67. The Morgan fingerprint density at radius 2 is 1.87 bits per heavy atom. The van der Waals surface area contributed by atoms with E-state index in [9.17, 15) is 14.7 Å². The number of halogens is 1. The fraction of sp³-hybridized carbons (Fsp3) is 0.529. The molecule has 0 aromatic heterocycles. The summed E-state index contributed by atoms with van der Waals surface area (Å²) in [6, 6.07) is 6.59. The van der Waals surface area contributed by atoms with Crippen LogP contribution in [0.2, 0.25) is 5.02 Å². The van der Waals surface area contributed by atoms with E-state index in [0.717, 1.165) is 5.56 Å². The van der Waals surface area contributed by atoms with Crippen molar-refractivity contribution in [2.75, 3.05) is 13.1 Å². The standard InChI is InChI=1S/C17H23ClN2O3/c1-11-9-20(16(22)23)14(12-6-5-7-13(18)8-12)10-19(11)15(21)17(2,3)4/h5-8,11,14H,9-10H2,1-4H3,(H,22,23)/t11-,14-/m1/s1. The molecule has 2 rings (SSSR count). The number of benzene rings is 1. The average molecular weight is 339 g/mol. The van der Waals surface area contributed by atoms with E-state index in [0.29, 0.717) is 11.6 Å². The molecule has 1 saturated heterocycles. The highest BCUT2D eigenvalue weighted by Gasteiger charge is 2.40. The maximum Gasteiger partial charge on any atom is 0.407 e. The molecular weight excluding hydrogens is 316 g/mol. The molecule has 1 heterocycles. The Morgan fingerprint density at radius 3 is 2.39 bits per heavy atom. The second-order valence-corrected chi connectivity index (χ2v) is 7.50. The maximum absolute atomic E-state index is 12.7. The lowest BCUT2D eigenvalue weighted by molar-refractivity contribution is -0.145. The van der Waals surface area contributed by atoms with Crippen LogP contribution < -0.4 is 0 Å². The largest absolute Gasteiger partial charge is 0.465 e. The van der Waals surface area contributed by atoms with Crippen LogP contribution in [0.15, 0.2) is 24.3 Å². The first kappa shape index (κ1) is 17.6. The van der Waals surface area contributed by atoms with Gasteiger partial charge in [-0.2, -0.15) is 0 Å². The van der Waals surface area contributed by atoms with Crippen LogP contribution >= 0.6 is 11.6 Å². The summed E-state index contributed by atoms with van der Waals surface area (Å²) < 4.78 is 0. The van der Waals surface area contributed by atoms with Gasteiger partial charge in [0.25, 0.3) is 0 Å². The molecule has 2 atom stereocenters. The first-order valence-corrected chi connectivity index (χ1v) is 8.05. The Bertz CT molecular complexity index is 612. The van der Waals surface area contributed by atoms with Gasteiger partial charge < -0.3 is 10.0 Å². The molecule has 1 aromatic carbocycles. The molecule has 1 fully saturated rings. The summed E-state index contributed by atoms with van der Waals surface area (Å²) in [7, 11) is 0. The SMILES string of the molecule is C[C@@H]1CN(C(=O)O)[C@@H](c2cccc(Cl)c2)CN1C(=O)C(C)(C)C. The predicted octanol–water partition coefficient (Wildman–Crippen LogP) is 3.64. The van der Waals surface area contributed by atoms with Crippen molar-refractivity contribution in [3.05, 3.63) is 34.9 Å². The van der Waals surface area contributed by atoms with Crippen molar-refractivity contribution in [3.63, 3.8) is 0 Å². The van der Waals surface area contributed by atoms with Gasteiger partial charge in [-0.05, 0) is 24.6 Å². The van der Waals surface area contributed by atoms with Crippen molar-refractivity contribution in [1.29, 1.82) is 0 Å². The Kier molecular flexibility index (Phi) is 4.90. The molecule has 2 amide bonds. The van der Waals surface area contributed by atoms with Gasteiger partial charge in [0.2, 0.25) is 5.91 Å². The summed E-state index contributed by atoms with van der Waals surface area (Å²) in [5.74, 6) is 0.0297. The summed E-state index contributed by atoms with van der Waals surface area (Å²) in [4.78, 5) is 27.5. The van der Waals surface area contributed by atoms with Crippen LogP contribution in [0.4, 0.5) is 4.79 Å². The van der Waals surface area contributed by atoms with E-state index in [2.05, 4.69) is 0 Å². The monoisotopic (exact) mass is 338 g/mol. The molecule has 23 heavy (non-hydrogen) atoms. The van der Waals surface area contributed by atoms with Crippen LogP contribution in [0.1, 0.15) is 39.3 Å². The zero-order chi connectivity index (χ0) is 17.4. The zero-order valence-corrected chi connectivity index (χ0v) is 14.7. The quantitative estimate of drug-likeness (QED) is 0.850. The van der Waals surface area contributed by atoms with E-state index in [4.69, 9.17) is 11.6 Å². The van der Waals surface area contributed by atoms with E-state index in [1.165, 1.54) is 4.90 Å². The summed E-state index contributed by atoms with van der Waals surface area (Å²) in [5, 5.41) is 10.1. The van der Waals surface area contributed by atoms with Crippen LogP contribution in [0.3, 0.4) is 0 Å². The van der Waals surface area contributed by atoms with E-state index >= 15 is 0 Å². The lowest BCUT2D eigenvalue weighted by Crippen LogP contribution is -2.58. The summed E-state index contributed by atoms with van der Waals surface area (Å²) in [5.41, 5.74) is 0.303. The number of carbonyl (C=O) groups excluding carboxylic acids is 1. The fourth-order valence-electron chi connectivity index (χ4n) is 2.90. The summed E-state index contributed by atoms with van der Waals surface area (Å²) in [6.07, 6.45) is -0.982. The lowest BCUT2D eigenvalue weighted by Gasteiger charge is -2.46. The molecule has 0 aliphatic carbocycles. The number of carboxylic acid groups (broad SMARTS) is 1. The van der Waals surface area contributed by atoms with Crippen molar-refractivity contribution in [2.24, 2.45) is 5.41 Å². The van der Waals surface area contributed by atoms with Gasteiger partial charge in [0.1, 0.15) is 0 Å². The third kappa shape index (κ3) is 3.78. The lowest BCUT2D eigenvalue weighted by atomic mass is 9.91. The van der Waals surface area contributed by atoms with Gasteiger partial charge in [0.05, 0.1) is 6.04 Å². The molecule has 0 unspecified atom stereocenters. The zero-order valence-electron chi connectivity index (χ0n) is 13.9. The minimum Gasteiger partial charge on any atom is -0.465 e. The Morgan fingerprint density at radius 1 is 1.22 bits per heavy atom. The number of rotatable bonds is 1. The second-order valence-electron chi connectivity index (χ2n) is 7.06. The van der Waals surface area contributed by atoms with Gasteiger partial charge in [-0.3, -0.25) is 9.69 Å². The Labute approximate surface area is 141 Å². The number of hydrogen-bond donors (Lipinski definition) is 1. The number of amides is 2. The minimum atomic E-state index is -0.982. The van der Waals surface area contributed by atoms with Crippen molar-refractivity contribution in [3.8, 4) is 0 Å². The molecule has 1 N–H and O–H groups in total. The average Bonchev–Trinajstić information content (AvgIpc) is 2.45. The maximum atomic E-state index is 12.7. The summed E-state index contributed by atoms with van der Waals surface area (Å²) >= 11 is 6.05. The number of hydrogen-bond acceptors (Lipinski definition) is 2. The van der Waals surface area contributed by atoms with Gasteiger partial charge in [-0.25, -0.2) is 4.79 Å². The molecule has 126 valence electrons. The van der Waals surface area contributed by atoms with Crippen molar-refractivity contribution in [1.82, 2.24) is 9.80 Å². The minimum absolute atomic E-state index is 0.0297. The van der Waals surface area contributed by atoms with Crippen LogP contribution in [0, 0.1) is 5.41 Å². The molecule has 5 nitrogen and oxygen atoms in total. The normalized spacial score (nSPS) is 22.1. The summed E-state index contributed by atoms with van der Waals surface area (Å²) in [6.45, 7) is 8.13. The highest BCUT2D eigenvalue weighted by molar-refractivity contribution is 6.30. The van der Waals surface area contributed by atoms with Gasteiger partial charge in [0, 0.05) is 29.6 Å². The number of nitrogens with zero attached hydrogens (tertiary/aromatic N) is 2. The highest BCUT2D eigenvalue weighted by atomic mass is 35.5. The third-order valence-corrected chi connectivity index (χ3v) is 4.36. The van der Waals surface area contributed by atoms with E-state index in [1.807, 2.05) is 33.8 Å². The van der Waals surface area contributed by atoms with E-state index < -0.39 is 17.6 Å². The Balaban J connectivity index is 2.36. The molecular formula is C17H23ClN2O3. The van der Waals surface area contributed by atoms with Gasteiger partial charge in [0.15, 0.2) is 0 Å². The second kappa shape index (κ2) is 6.40. The molecule has 1 aliphatic heterocycles. The van der Waals surface area contributed by atoms with Crippen molar-refractivity contribution < 1.29 is 14.7 Å². The molecule has 1 aliphatic rings. The molecule has 0 spiro atoms. The van der Waals surface area contributed by atoms with Crippen molar-refractivity contribution in [2.45, 2.75) is 39.8 Å². The highest BCUT2D eigenvalue weighted by Crippen LogP contribution is 2.32. The molecule has 0 saturated carbocycles. The molecule has 6 heteroatoms. The van der Waals surface area contributed by atoms with Gasteiger partial charge >= 0.3 is 6.09 Å². The molecule has 0 bridgehead atoms. The third-order valence-electron chi connectivity index (χ3n) is 4.12. The van der Waals surface area contributed by atoms with Gasteiger partial charge in [-0.1, -0.05) is 44.5 Å². The smallest absolute Gasteiger partial charge is 0.407 e. The predicted molar refractivity (Wildman–Crippen MR) is 89.6 cm³/mol. The molecule has 1 aromatic rings. The van der Waals surface area contributed by atoms with Crippen LogP contribution in [-0.4, -0.2) is 46.0 Å². The number of piperazine rings is 1. The van der Waals surface area contributed by atoms with Crippen LogP contribution in [0.5, 0.6) is 0 Å². The van der Waals surface area contributed by atoms with Crippen molar-refractivity contribution >= 4 is 23.6 Å². The number of carbonyl (C=O) groups is 2. The first-order chi connectivity index (χ1) is 10.6.